The van der Waals surface area contributed by atoms with E-state index in [0.29, 0.717) is 0 Å². The van der Waals surface area contributed by atoms with Crippen LogP contribution in [0.2, 0.25) is 5.02 Å². The number of phenolic OH excluding ortho intramolecular Hbond substituents is 1. The summed E-state index contributed by atoms with van der Waals surface area (Å²) < 4.78 is 17.3. The van der Waals surface area contributed by atoms with E-state index in [1.54, 1.807) is 0 Å². The van der Waals surface area contributed by atoms with E-state index < -0.39 is 5.82 Å². The Kier molecular flexibility index (Phi) is 2.19. The van der Waals surface area contributed by atoms with E-state index in [9.17, 15) is 4.39 Å². The lowest BCUT2D eigenvalue weighted by atomic mass is 10.3. The highest BCUT2D eigenvalue weighted by molar-refractivity contribution is 6.32. The predicted octanol–water partition coefficient (Wildman–Crippen LogP) is 2.19. The van der Waals surface area contributed by atoms with Crippen LogP contribution in [0.25, 0.3) is 0 Å². The minimum absolute atomic E-state index is 0.0355. The fraction of sp³-hybridized carbons (Fsp3) is 0.143. The zero-order chi connectivity index (χ0) is 8.43. The maximum absolute atomic E-state index is 12.6. The monoisotopic (exact) mass is 176 g/mol. The molecule has 1 rings (SSSR count). The van der Waals surface area contributed by atoms with Crippen LogP contribution in [0.5, 0.6) is 11.5 Å². The lowest BCUT2D eigenvalue weighted by Crippen LogP contribution is -1.87. The number of ether oxygens (including phenoxy) is 1. The van der Waals surface area contributed by atoms with Crippen molar-refractivity contribution in [1.29, 1.82) is 0 Å². The molecule has 0 fully saturated rings. The quantitative estimate of drug-likeness (QED) is 0.711. The van der Waals surface area contributed by atoms with E-state index >= 15 is 0 Å². The number of benzene rings is 1. The average molecular weight is 177 g/mol. The van der Waals surface area contributed by atoms with Crippen molar-refractivity contribution >= 4 is 11.6 Å². The van der Waals surface area contributed by atoms with Crippen molar-refractivity contribution in [2.24, 2.45) is 0 Å². The van der Waals surface area contributed by atoms with Gasteiger partial charge in [-0.05, 0) is 12.1 Å². The topological polar surface area (TPSA) is 29.5 Å². The maximum atomic E-state index is 12.6. The van der Waals surface area contributed by atoms with Gasteiger partial charge < -0.3 is 9.84 Å². The number of halogens is 2. The van der Waals surface area contributed by atoms with Crippen LogP contribution in [-0.2, 0) is 0 Å². The third-order valence-corrected chi connectivity index (χ3v) is 1.59. The normalized spacial score (nSPS) is 9.73. The van der Waals surface area contributed by atoms with Gasteiger partial charge in [0.1, 0.15) is 10.8 Å². The van der Waals surface area contributed by atoms with Gasteiger partial charge in [0.2, 0.25) is 0 Å². The largest absolute Gasteiger partial charge is 0.504 e. The van der Waals surface area contributed by atoms with E-state index in [4.69, 9.17) is 16.7 Å². The lowest BCUT2D eigenvalue weighted by molar-refractivity contribution is 0.370. The van der Waals surface area contributed by atoms with Crippen LogP contribution < -0.4 is 4.74 Å². The van der Waals surface area contributed by atoms with Crippen LogP contribution in [0.15, 0.2) is 12.1 Å². The van der Waals surface area contributed by atoms with Crippen molar-refractivity contribution in [3.8, 4) is 11.5 Å². The molecule has 0 saturated heterocycles. The molecule has 1 aromatic carbocycles. The molecule has 1 aromatic rings. The Balaban J connectivity index is 3.29. The number of hydrogen-bond acceptors (Lipinski definition) is 2. The minimum Gasteiger partial charge on any atom is -0.504 e. The van der Waals surface area contributed by atoms with Gasteiger partial charge in [-0.1, -0.05) is 11.6 Å². The average Bonchev–Trinajstić information content (AvgIpc) is 1.99. The molecule has 0 unspecified atom stereocenters. The Hall–Kier alpha value is -0.960. The first-order valence-electron chi connectivity index (χ1n) is 2.87. The molecule has 0 spiro atoms. The van der Waals surface area contributed by atoms with Crippen molar-refractivity contribution in [2.45, 2.75) is 0 Å². The van der Waals surface area contributed by atoms with E-state index in [2.05, 4.69) is 4.74 Å². The van der Waals surface area contributed by atoms with E-state index in [1.165, 1.54) is 13.2 Å². The Bertz CT molecular complexity index is 275. The molecular weight excluding hydrogens is 171 g/mol. The van der Waals surface area contributed by atoms with Gasteiger partial charge in [0.15, 0.2) is 11.5 Å². The molecule has 0 radical (unpaired) electrons. The summed E-state index contributed by atoms with van der Waals surface area (Å²) >= 11 is 5.44. The van der Waals surface area contributed by atoms with E-state index in [1.807, 2.05) is 0 Å². The summed E-state index contributed by atoms with van der Waals surface area (Å²) in [6, 6.07) is 2.25. The number of rotatable bonds is 1. The van der Waals surface area contributed by atoms with E-state index in [-0.39, 0.29) is 16.5 Å². The van der Waals surface area contributed by atoms with Gasteiger partial charge in [-0.25, -0.2) is 4.39 Å². The highest BCUT2D eigenvalue weighted by Crippen LogP contribution is 2.35. The molecule has 0 heterocycles. The second-order valence-electron chi connectivity index (χ2n) is 1.91. The zero-order valence-corrected chi connectivity index (χ0v) is 6.52. The minimum atomic E-state index is -0.610. The molecule has 0 aliphatic carbocycles. The van der Waals surface area contributed by atoms with Crippen molar-refractivity contribution in [2.75, 3.05) is 7.11 Å². The summed E-state index contributed by atoms with van der Waals surface area (Å²) in [6.45, 7) is 0. The third-order valence-electron chi connectivity index (χ3n) is 1.23. The molecular formula is C7H6ClFO2. The summed E-state index contributed by atoms with van der Waals surface area (Å²) in [6.07, 6.45) is 0. The molecule has 0 atom stereocenters. The molecule has 0 aromatic heterocycles. The standard InChI is InChI=1S/C7H6ClFO2/c1-11-7-5(10)3-2-4(9)6(7)8/h2-3,10H,1H3. The maximum Gasteiger partial charge on any atom is 0.182 e. The van der Waals surface area contributed by atoms with Gasteiger partial charge in [0.05, 0.1) is 7.11 Å². The second kappa shape index (κ2) is 2.96. The predicted molar refractivity (Wildman–Crippen MR) is 39.6 cm³/mol. The second-order valence-corrected chi connectivity index (χ2v) is 2.29. The molecule has 0 aliphatic rings. The fourth-order valence-electron chi connectivity index (χ4n) is 0.716. The molecule has 11 heavy (non-hydrogen) atoms. The van der Waals surface area contributed by atoms with Crippen molar-refractivity contribution < 1.29 is 14.2 Å². The molecule has 1 N–H and O–H groups in total. The molecule has 0 saturated carbocycles. The fourth-order valence-corrected chi connectivity index (χ4v) is 0.953. The smallest absolute Gasteiger partial charge is 0.182 e. The van der Waals surface area contributed by atoms with Crippen LogP contribution in [0, 0.1) is 5.82 Å². The molecule has 0 amide bonds. The van der Waals surface area contributed by atoms with Gasteiger partial charge in [-0.3, -0.25) is 0 Å². The number of hydrogen-bond donors (Lipinski definition) is 1. The van der Waals surface area contributed by atoms with Crippen LogP contribution in [0.1, 0.15) is 0 Å². The van der Waals surface area contributed by atoms with Crippen LogP contribution in [0.3, 0.4) is 0 Å². The third kappa shape index (κ3) is 1.38. The summed E-state index contributed by atoms with van der Waals surface area (Å²) in [7, 11) is 1.31. The first-order valence-corrected chi connectivity index (χ1v) is 3.25. The highest BCUT2D eigenvalue weighted by atomic mass is 35.5. The van der Waals surface area contributed by atoms with Gasteiger partial charge in [0, 0.05) is 0 Å². The summed E-state index contributed by atoms with van der Waals surface area (Å²) in [5, 5.41) is 8.84. The molecule has 0 aliphatic heterocycles. The summed E-state index contributed by atoms with van der Waals surface area (Å²) in [4.78, 5) is 0. The van der Waals surface area contributed by atoms with Crippen LogP contribution in [0.4, 0.5) is 4.39 Å². The van der Waals surface area contributed by atoms with Crippen molar-refractivity contribution in [3.05, 3.63) is 23.0 Å². The summed E-state index contributed by atoms with van der Waals surface area (Å²) in [5.41, 5.74) is 0. The SMILES string of the molecule is COc1c(O)ccc(F)c1Cl. The molecule has 0 bridgehead atoms. The van der Waals surface area contributed by atoms with Crippen LogP contribution >= 0.6 is 11.6 Å². The first-order chi connectivity index (χ1) is 5.16. The van der Waals surface area contributed by atoms with E-state index in [0.717, 1.165) is 6.07 Å². The Morgan fingerprint density at radius 1 is 1.55 bits per heavy atom. The van der Waals surface area contributed by atoms with Gasteiger partial charge in [0.25, 0.3) is 0 Å². The van der Waals surface area contributed by atoms with Crippen LogP contribution in [-0.4, -0.2) is 12.2 Å². The van der Waals surface area contributed by atoms with Gasteiger partial charge >= 0.3 is 0 Å². The first kappa shape index (κ1) is 8.14. The molecule has 60 valence electrons. The number of methoxy groups -OCH3 is 1. The molecule has 2 nitrogen and oxygen atoms in total. The van der Waals surface area contributed by atoms with Crippen molar-refractivity contribution in [1.82, 2.24) is 0 Å². The zero-order valence-electron chi connectivity index (χ0n) is 5.77. The van der Waals surface area contributed by atoms with Gasteiger partial charge in [-0.2, -0.15) is 0 Å². The molecule has 4 heteroatoms. The van der Waals surface area contributed by atoms with Crippen molar-refractivity contribution in [3.63, 3.8) is 0 Å². The van der Waals surface area contributed by atoms with Gasteiger partial charge in [-0.15, -0.1) is 0 Å². The highest BCUT2D eigenvalue weighted by Gasteiger charge is 2.10. The Morgan fingerprint density at radius 3 is 2.64 bits per heavy atom. The Morgan fingerprint density at radius 2 is 2.18 bits per heavy atom. The number of aromatic hydroxyl groups is 1. The summed E-state index contributed by atoms with van der Waals surface area (Å²) in [5.74, 6) is -0.813. The Labute approximate surface area is 68.2 Å². The lowest BCUT2D eigenvalue weighted by Gasteiger charge is -2.04. The number of phenols is 1.